The molecule has 8 heteroatoms. The maximum atomic E-state index is 11.9. The van der Waals surface area contributed by atoms with Crippen LogP contribution < -0.4 is 5.32 Å². The highest BCUT2D eigenvalue weighted by molar-refractivity contribution is 6.36. The van der Waals surface area contributed by atoms with Gasteiger partial charge in [0.15, 0.2) is 6.61 Å². The fraction of sp³-hybridized carbons (Fsp3) is 0.438. The van der Waals surface area contributed by atoms with Gasteiger partial charge in [-0.05, 0) is 30.5 Å². The lowest BCUT2D eigenvalue weighted by atomic mass is 10.0. The fourth-order valence-corrected chi connectivity index (χ4v) is 2.41. The second-order valence-corrected chi connectivity index (χ2v) is 6.32. The molecule has 0 aliphatic rings. The number of ether oxygens (including phenoxy) is 2. The standard InChI is InChI=1S/C16H19Cl2NO5/c1-9(2)6-13(16(22)23-3)19-14(20)8-24-15(21)11-5-4-10(17)7-12(11)18/h4-5,7,9,13H,6,8H2,1-3H3,(H,19,20)/t13-/m1/s1. The van der Waals surface area contributed by atoms with Crippen LogP contribution in [0.3, 0.4) is 0 Å². The number of amides is 1. The van der Waals surface area contributed by atoms with Gasteiger partial charge in [0.2, 0.25) is 0 Å². The van der Waals surface area contributed by atoms with Crippen LogP contribution >= 0.6 is 23.2 Å². The predicted octanol–water partition coefficient (Wildman–Crippen LogP) is 2.85. The molecule has 1 amide bonds. The van der Waals surface area contributed by atoms with Crippen molar-refractivity contribution in [1.29, 1.82) is 0 Å². The Hall–Kier alpha value is -1.79. The zero-order valence-corrected chi connectivity index (χ0v) is 15.1. The molecule has 1 atom stereocenters. The Morgan fingerprint density at radius 2 is 1.88 bits per heavy atom. The lowest BCUT2D eigenvalue weighted by Crippen LogP contribution is -2.44. The number of rotatable bonds is 7. The first-order chi connectivity index (χ1) is 11.2. The highest BCUT2D eigenvalue weighted by Gasteiger charge is 2.23. The molecule has 0 saturated carbocycles. The molecule has 0 radical (unpaired) electrons. The second kappa shape index (κ2) is 9.49. The van der Waals surface area contributed by atoms with Crippen molar-refractivity contribution in [2.24, 2.45) is 5.92 Å². The maximum absolute atomic E-state index is 11.9. The van der Waals surface area contributed by atoms with Crippen LogP contribution in [-0.2, 0) is 19.1 Å². The molecule has 1 aromatic carbocycles. The summed E-state index contributed by atoms with van der Waals surface area (Å²) in [6, 6.07) is 3.50. The lowest BCUT2D eigenvalue weighted by molar-refractivity contribution is -0.145. The van der Waals surface area contributed by atoms with Crippen molar-refractivity contribution < 1.29 is 23.9 Å². The lowest BCUT2D eigenvalue weighted by Gasteiger charge is -2.18. The van der Waals surface area contributed by atoms with Gasteiger partial charge in [-0.25, -0.2) is 9.59 Å². The molecule has 1 rings (SSSR count). The van der Waals surface area contributed by atoms with Gasteiger partial charge >= 0.3 is 11.9 Å². The number of carbonyl (C=O) groups excluding carboxylic acids is 3. The summed E-state index contributed by atoms with van der Waals surface area (Å²) in [6.45, 7) is 3.28. The molecular weight excluding hydrogens is 357 g/mol. The van der Waals surface area contributed by atoms with Crippen LogP contribution in [0.15, 0.2) is 18.2 Å². The zero-order valence-electron chi connectivity index (χ0n) is 13.6. The monoisotopic (exact) mass is 375 g/mol. The van der Waals surface area contributed by atoms with Crippen molar-refractivity contribution in [3.05, 3.63) is 33.8 Å². The van der Waals surface area contributed by atoms with Gasteiger partial charge in [-0.15, -0.1) is 0 Å². The minimum atomic E-state index is -0.791. The molecule has 6 nitrogen and oxygen atoms in total. The van der Waals surface area contributed by atoms with Crippen molar-refractivity contribution in [3.8, 4) is 0 Å². The SMILES string of the molecule is COC(=O)[C@@H](CC(C)C)NC(=O)COC(=O)c1ccc(Cl)cc1Cl. The van der Waals surface area contributed by atoms with Crippen LogP contribution in [0.5, 0.6) is 0 Å². The molecule has 0 unspecified atom stereocenters. The molecule has 1 aromatic rings. The van der Waals surface area contributed by atoms with E-state index in [1.807, 2.05) is 13.8 Å². The van der Waals surface area contributed by atoms with E-state index in [4.69, 9.17) is 27.9 Å². The van der Waals surface area contributed by atoms with Gasteiger partial charge in [0.25, 0.3) is 5.91 Å². The Bertz CT molecular complexity index is 618. The maximum Gasteiger partial charge on any atom is 0.340 e. The number of halogens is 2. The van der Waals surface area contributed by atoms with Crippen molar-refractivity contribution in [2.45, 2.75) is 26.3 Å². The molecule has 0 fully saturated rings. The summed E-state index contributed by atoms with van der Waals surface area (Å²) in [5.41, 5.74) is 0.0977. The van der Waals surface area contributed by atoms with E-state index in [0.29, 0.717) is 11.4 Å². The molecule has 0 heterocycles. The van der Waals surface area contributed by atoms with Gasteiger partial charge in [0, 0.05) is 5.02 Å². The fourth-order valence-electron chi connectivity index (χ4n) is 1.93. The number of benzene rings is 1. The van der Waals surface area contributed by atoms with E-state index in [9.17, 15) is 14.4 Å². The van der Waals surface area contributed by atoms with E-state index < -0.39 is 30.5 Å². The summed E-state index contributed by atoms with van der Waals surface area (Å²) < 4.78 is 9.54. The summed E-state index contributed by atoms with van der Waals surface area (Å²) in [6.07, 6.45) is 0.412. The number of hydrogen-bond donors (Lipinski definition) is 1. The van der Waals surface area contributed by atoms with Crippen molar-refractivity contribution in [3.63, 3.8) is 0 Å². The third kappa shape index (κ3) is 6.37. The summed E-state index contributed by atoms with van der Waals surface area (Å²) in [4.78, 5) is 35.4. The second-order valence-electron chi connectivity index (χ2n) is 5.47. The Balaban J connectivity index is 2.60. The first-order valence-corrected chi connectivity index (χ1v) is 7.99. The number of hydrogen-bond acceptors (Lipinski definition) is 5. The molecule has 0 aromatic heterocycles. The van der Waals surface area contributed by atoms with Gasteiger partial charge in [0.05, 0.1) is 17.7 Å². The molecule has 24 heavy (non-hydrogen) atoms. The largest absolute Gasteiger partial charge is 0.467 e. The van der Waals surface area contributed by atoms with Crippen LogP contribution in [0.25, 0.3) is 0 Å². The molecule has 0 spiro atoms. The van der Waals surface area contributed by atoms with E-state index in [0.717, 1.165) is 0 Å². The zero-order chi connectivity index (χ0) is 18.3. The van der Waals surface area contributed by atoms with E-state index in [-0.39, 0.29) is 16.5 Å². The average Bonchev–Trinajstić information content (AvgIpc) is 2.50. The Morgan fingerprint density at radius 1 is 1.21 bits per heavy atom. The number of methoxy groups -OCH3 is 1. The Morgan fingerprint density at radius 3 is 2.42 bits per heavy atom. The first-order valence-electron chi connectivity index (χ1n) is 7.24. The third-order valence-corrected chi connectivity index (χ3v) is 3.56. The Labute approximate surface area is 150 Å². The quantitative estimate of drug-likeness (QED) is 0.740. The normalized spacial score (nSPS) is 11.8. The van der Waals surface area contributed by atoms with Gasteiger partial charge in [-0.2, -0.15) is 0 Å². The molecule has 0 aliphatic heterocycles. The number of nitrogens with one attached hydrogen (secondary N) is 1. The summed E-state index contributed by atoms with van der Waals surface area (Å²) in [5, 5.41) is 2.99. The Kier molecular flexibility index (Phi) is 8.01. The molecule has 0 bridgehead atoms. The van der Waals surface area contributed by atoms with Crippen LogP contribution in [0.2, 0.25) is 10.0 Å². The molecule has 132 valence electrons. The van der Waals surface area contributed by atoms with Crippen LogP contribution in [-0.4, -0.2) is 37.6 Å². The molecule has 0 saturated heterocycles. The summed E-state index contributed by atoms with van der Waals surface area (Å²) >= 11 is 11.6. The van der Waals surface area contributed by atoms with Crippen molar-refractivity contribution in [2.75, 3.05) is 13.7 Å². The van der Waals surface area contributed by atoms with Gasteiger partial charge < -0.3 is 14.8 Å². The number of esters is 2. The molecule has 1 N–H and O–H groups in total. The minimum absolute atomic E-state index is 0.0977. The topological polar surface area (TPSA) is 81.7 Å². The number of carbonyl (C=O) groups is 3. The predicted molar refractivity (Wildman–Crippen MR) is 90.1 cm³/mol. The van der Waals surface area contributed by atoms with E-state index >= 15 is 0 Å². The van der Waals surface area contributed by atoms with Crippen LogP contribution in [0.4, 0.5) is 0 Å². The average molecular weight is 376 g/mol. The van der Waals surface area contributed by atoms with Gasteiger partial charge in [-0.1, -0.05) is 37.0 Å². The highest BCUT2D eigenvalue weighted by atomic mass is 35.5. The third-order valence-electron chi connectivity index (χ3n) is 3.01. The van der Waals surface area contributed by atoms with E-state index in [2.05, 4.69) is 10.1 Å². The van der Waals surface area contributed by atoms with Gasteiger partial charge in [-0.3, -0.25) is 4.79 Å². The molecule has 0 aliphatic carbocycles. The summed E-state index contributed by atoms with van der Waals surface area (Å²) in [5.74, 6) is -1.75. The van der Waals surface area contributed by atoms with E-state index in [1.54, 1.807) is 0 Å². The van der Waals surface area contributed by atoms with Crippen molar-refractivity contribution >= 4 is 41.0 Å². The van der Waals surface area contributed by atoms with Crippen LogP contribution in [0.1, 0.15) is 30.6 Å². The van der Waals surface area contributed by atoms with E-state index in [1.165, 1.54) is 25.3 Å². The van der Waals surface area contributed by atoms with Crippen LogP contribution in [0, 0.1) is 5.92 Å². The smallest absolute Gasteiger partial charge is 0.340 e. The van der Waals surface area contributed by atoms with Gasteiger partial charge in [0.1, 0.15) is 6.04 Å². The van der Waals surface area contributed by atoms with Crippen molar-refractivity contribution in [1.82, 2.24) is 5.32 Å². The molecular formula is C16H19Cl2NO5. The summed E-state index contributed by atoms with van der Waals surface area (Å²) in [7, 11) is 1.24. The minimum Gasteiger partial charge on any atom is -0.467 e. The highest BCUT2D eigenvalue weighted by Crippen LogP contribution is 2.21. The first kappa shape index (κ1) is 20.3.